The zero-order valence-electron chi connectivity index (χ0n) is 8.33. The molecule has 2 heteroatoms. The van der Waals surface area contributed by atoms with Crippen molar-refractivity contribution in [2.24, 2.45) is 0 Å². The maximum Gasteiger partial charge on any atom is 0.188 e. The summed E-state index contributed by atoms with van der Waals surface area (Å²) in [6, 6.07) is 7.94. The SMILES string of the molecule is Cc1ccccc1C(=N)C=[N+](C)C. The summed E-state index contributed by atoms with van der Waals surface area (Å²) in [4.78, 5) is 0. The van der Waals surface area contributed by atoms with E-state index in [1.165, 1.54) is 0 Å². The van der Waals surface area contributed by atoms with Gasteiger partial charge < -0.3 is 0 Å². The van der Waals surface area contributed by atoms with Gasteiger partial charge >= 0.3 is 0 Å². The van der Waals surface area contributed by atoms with Gasteiger partial charge in [0.2, 0.25) is 0 Å². The van der Waals surface area contributed by atoms with Gasteiger partial charge in [0.15, 0.2) is 6.21 Å². The molecule has 0 aliphatic carbocycles. The quantitative estimate of drug-likeness (QED) is 0.523. The van der Waals surface area contributed by atoms with Gasteiger partial charge in [0.25, 0.3) is 0 Å². The van der Waals surface area contributed by atoms with Crippen LogP contribution in [-0.2, 0) is 0 Å². The summed E-state index contributed by atoms with van der Waals surface area (Å²) in [7, 11) is 3.85. The Morgan fingerprint density at radius 1 is 1.31 bits per heavy atom. The first-order chi connectivity index (χ1) is 6.11. The second-order valence-electron chi connectivity index (χ2n) is 3.32. The first-order valence-corrected chi connectivity index (χ1v) is 4.27. The fourth-order valence-corrected chi connectivity index (χ4v) is 1.20. The van der Waals surface area contributed by atoms with Crippen molar-refractivity contribution in [3.05, 3.63) is 35.4 Å². The fourth-order valence-electron chi connectivity index (χ4n) is 1.20. The van der Waals surface area contributed by atoms with Crippen LogP contribution in [0.4, 0.5) is 0 Å². The van der Waals surface area contributed by atoms with Crippen LogP contribution in [0.3, 0.4) is 0 Å². The van der Waals surface area contributed by atoms with E-state index in [1.54, 1.807) is 0 Å². The predicted molar refractivity (Wildman–Crippen MR) is 56.2 cm³/mol. The molecular formula is C11H15N2+. The second-order valence-corrected chi connectivity index (χ2v) is 3.32. The highest BCUT2D eigenvalue weighted by Crippen LogP contribution is 2.06. The molecule has 0 saturated carbocycles. The first-order valence-electron chi connectivity index (χ1n) is 4.27. The number of benzene rings is 1. The van der Waals surface area contributed by atoms with E-state index in [0.29, 0.717) is 5.71 Å². The van der Waals surface area contributed by atoms with E-state index < -0.39 is 0 Å². The monoisotopic (exact) mass is 175 g/mol. The molecule has 0 bridgehead atoms. The molecule has 0 radical (unpaired) electrons. The van der Waals surface area contributed by atoms with Crippen LogP contribution in [0.1, 0.15) is 11.1 Å². The fraction of sp³-hybridized carbons (Fsp3) is 0.273. The topological polar surface area (TPSA) is 26.9 Å². The van der Waals surface area contributed by atoms with Gasteiger partial charge in [0, 0.05) is 5.56 Å². The van der Waals surface area contributed by atoms with Gasteiger partial charge in [0.1, 0.15) is 19.8 Å². The van der Waals surface area contributed by atoms with Crippen molar-refractivity contribution >= 4 is 11.9 Å². The van der Waals surface area contributed by atoms with Crippen LogP contribution < -0.4 is 0 Å². The number of rotatable bonds is 2. The molecule has 0 heterocycles. The van der Waals surface area contributed by atoms with Gasteiger partial charge in [-0.1, -0.05) is 24.3 Å². The van der Waals surface area contributed by atoms with Gasteiger partial charge in [-0.05, 0) is 12.5 Å². The zero-order chi connectivity index (χ0) is 9.84. The highest BCUT2D eigenvalue weighted by Gasteiger charge is 2.03. The van der Waals surface area contributed by atoms with E-state index in [9.17, 15) is 0 Å². The van der Waals surface area contributed by atoms with Gasteiger partial charge in [-0.2, -0.15) is 0 Å². The summed E-state index contributed by atoms with van der Waals surface area (Å²) in [6.45, 7) is 2.02. The number of aryl methyl sites for hydroxylation is 1. The molecule has 0 spiro atoms. The molecule has 13 heavy (non-hydrogen) atoms. The Hall–Kier alpha value is -1.44. The Morgan fingerprint density at radius 2 is 1.92 bits per heavy atom. The molecule has 0 fully saturated rings. The Morgan fingerprint density at radius 3 is 2.46 bits per heavy atom. The van der Waals surface area contributed by atoms with Gasteiger partial charge in [-0.3, -0.25) is 5.41 Å². The minimum absolute atomic E-state index is 0.558. The average Bonchev–Trinajstić information content (AvgIpc) is 2.03. The summed E-state index contributed by atoms with van der Waals surface area (Å²) in [5.74, 6) is 0. The van der Waals surface area contributed by atoms with Crippen LogP contribution >= 0.6 is 0 Å². The van der Waals surface area contributed by atoms with Crippen molar-refractivity contribution in [3.8, 4) is 0 Å². The normalized spacial score (nSPS) is 9.46. The average molecular weight is 175 g/mol. The Bertz CT molecular complexity index is 347. The summed E-state index contributed by atoms with van der Waals surface area (Å²) in [6.07, 6.45) is 1.81. The first kappa shape index (κ1) is 9.65. The molecule has 0 atom stereocenters. The number of nitrogens with one attached hydrogen (secondary N) is 1. The van der Waals surface area contributed by atoms with E-state index in [4.69, 9.17) is 5.41 Å². The van der Waals surface area contributed by atoms with Gasteiger partial charge in [-0.25, -0.2) is 4.58 Å². The Kier molecular flexibility index (Phi) is 2.96. The van der Waals surface area contributed by atoms with E-state index in [0.717, 1.165) is 11.1 Å². The maximum absolute atomic E-state index is 7.80. The van der Waals surface area contributed by atoms with Crippen LogP contribution in [0.25, 0.3) is 0 Å². The zero-order valence-corrected chi connectivity index (χ0v) is 8.33. The van der Waals surface area contributed by atoms with Crippen molar-refractivity contribution in [2.75, 3.05) is 14.1 Å². The molecule has 68 valence electrons. The van der Waals surface area contributed by atoms with Gasteiger partial charge in [-0.15, -0.1) is 0 Å². The Labute approximate surface area is 79.0 Å². The van der Waals surface area contributed by atoms with Crippen molar-refractivity contribution in [2.45, 2.75) is 6.92 Å². The van der Waals surface area contributed by atoms with Crippen LogP contribution in [-0.4, -0.2) is 30.6 Å². The standard InChI is InChI=1S/C11H15N2/c1-9-6-4-5-7-10(9)11(12)8-13(2)3/h4-8,12H,1-3H3/q+1. The molecule has 0 saturated heterocycles. The molecular weight excluding hydrogens is 160 g/mol. The predicted octanol–water partition coefficient (Wildman–Crippen LogP) is 1.71. The van der Waals surface area contributed by atoms with Crippen molar-refractivity contribution < 1.29 is 4.58 Å². The molecule has 2 nitrogen and oxygen atoms in total. The lowest BCUT2D eigenvalue weighted by atomic mass is 10.1. The largest absolute Gasteiger partial charge is 0.295 e. The lowest BCUT2D eigenvalue weighted by Crippen LogP contribution is -2.10. The number of hydrogen-bond donors (Lipinski definition) is 1. The van der Waals surface area contributed by atoms with Crippen LogP contribution in [0, 0.1) is 12.3 Å². The molecule has 1 N–H and O–H groups in total. The third-order valence-electron chi connectivity index (χ3n) is 1.82. The third-order valence-corrected chi connectivity index (χ3v) is 1.82. The maximum atomic E-state index is 7.80. The minimum Gasteiger partial charge on any atom is -0.295 e. The summed E-state index contributed by atoms with van der Waals surface area (Å²) < 4.78 is 1.88. The summed E-state index contributed by atoms with van der Waals surface area (Å²) in [5, 5.41) is 7.80. The highest BCUT2D eigenvalue weighted by molar-refractivity contribution is 6.35. The van der Waals surface area contributed by atoms with Gasteiger partial charge in [0.05, 0.1) is 0 Å². The smallest absolute Gasteiger partial charge is 0.188 e. The van der Waals surface area contributed by atoms with Crippen molar-refractivity contribution in [3.63, 3.8) is 0 Å². The van der Waals surface area contributed by atoms with E-state index in [2.05, 4.69) is 0 Å². The number of hydrogen-bond acceptors (Lipinski definition) is 1. The summed E-state index contributed by atoms with van der Waals surface area (Å²) >= 11 is 0. The second kappa shape index (κ2) is 3.99. The lowest BCUT2D eigenvalue weighted by molar-refractivity contribution is -0.457. The lowest BCUT2D eigenvalue weighted by Gasteiger charge is -2.00. The minimum atomic E-state index is 0.558. The molecule has 0 amide bonds. The van der Waals surface area contributed by atoms with E-state index >= 15 is 0 Å². The molecule has 1 aromatic rings. The van der Waals surface area contributed by atoms with E-state index in [1.807, 2.05) is 56.1 Å². The highest BCUT2D eigenvalue weighted by atomic mass is 14.9. The van der Waals surface area contributed by atoms with E-state index in [-0.39, 0.29) is 0 Å². The van der Waals surface area contributed by atoms with Crippen LogP contribution in [0.2, 0.25) is 0 Å². The molecule has 0 unspecified atom stereocenters. The van der Waals surface area contributed by atoms with Crippen LogP contribution in [0.5, 0.6) is 0 Å². The van der Waals surface area contributed by atoms with Crippen LogP contribution in [0.15, 0.2) is 24.3 Å². The molecule has 0 aliphatic heterocycles. The molecule has 0 aliphatic rings. The number of nitrogens with zero attached hydrogens (tertiary/aromatic N) is 1. The molecule has 1 rings (SSSR count). The van der Waals surface area contributed by atoms with Crippen molar-refractivity contribution in [1.29, 1.82) is 5.41 Å². The molecule has 1 aromatic carbocycles. The van der Waals surface area contributed by atoms with Crippen molar-refractivity contribution in [1.82, 2.24) is 0 Å². The summed E-state index contributed by atoms with van der Waals surface area (Å²) in [5.41, 5.74) is 2.70. The Balaban J connectivity index is 3.03. The molecule has 0 aromatic heterocycles. The third kappa shape index (κ3) is 2.51.